The quantitative estimate of drug-likeness (QED) is 0.0194. The van der Waals surface area contributed by atoms with Gasteiger partial charge in [-0.25, -0.2) is 4.39 Å². The molecule has 9 rings (SSSR count). The van der Waals surface area contributed by atoms with Crippen LogP contribution in [0.4, 0.5) is 15.8 Å². The normalized spacial score (nSPS) is 21.5. The van der Waals surface area contributed by atoms with E-state index in [1.165, 1.54) is 36.4 Å². The van der Waals surface area contributed by atoms with E-state index >= 15 is 4.79 Å². The summed E-state index contributed by atoms with van der Waals surface area (Å²) in [6, 6.07) is 28.2. The van der Waals surface area contributed by atoms with Gasteiger partial charge in [0.1, 0.15) is 36.6 Å². The first kappa shape index (κ1) is 52.9. The molecule has 0 saturated heterocycles. The number of ether oxygens (including phenoxy) is 5. The topological polar surface area (TPSA) is 215 Å². The van der Waals surface area contributed by atoms with Gasteiger partial charge < -0.3 is 43.6 Å². The molecule has 0 aromatic heterocycles. The molecule has 0 bridgehead atoms. The van der Waals surface area contributed by atoms with E-state index in [1.807, 2.05) is 24.3 Å². The van der Waals surface area contributed by atoms with Crippen molar-refractivity contribution in [2.24, 2.45) is 22.9 Å². The van der Waals surface area contributed by atoms with Crippen molar-refractivity contribution in [1.82, 2.24) is 4.90 Å². The maximum Gasteiger partial charge on any atom is 0.269 e. The van der Waals surface area contributed by atoms with Crippen LogP contribution in [0.5, 0.6) is 23.0 Å². The van der Waals surface area contributed by atoms with E-state index in [2.05, 4.69) is 12.7 Å². The fourth-order valence-electron chi connectivity index (χ4n) is 11.0. The molecule has 396 valence electrons. The Bertz CT molecular complexity index is 3000. The molecule has 76 heavy (non-hydrogen) atoms. The van der Waals surface area contributed by atoms with Gasteiger partial charge in [0.05, 0.1) is 28.1 Å². The summed E-state index contributed by atoms with van der Waals surface area (Å²) in [5, 5.41) is 48.1. The summed E-state index contributed by atoms with van der Waals surface area (Å²) in [5.74, 6) is -1.89. The Hall–Kier alpha value is -7.93. The molecule has 6 unspecified atom stereocenters. The van der Waals surface area contributed by atoms with Gasteiger partial charge in [0, 0.05) is 73.6 Å². The maximum atomic E-state index is 15.4. The van der Waals surface area contributed by atoms with Crippen molar-refractivity contribution < 1.29 is 57.8 Å². The third kappa shape index (κ3) is 11.6. The number of halogens is 1. The highest BCUT2D eigenvalue weighted by atomic mass is 19.1. The van der Waals surface area contributed by atoms with E-state index in [1.54, 1.807) is 71.6 Å². The molecule has 1 amide bonds. The number of rotatable bonds is 24. The largest absolute Gasteiger partial charge is 0.489 e. The van der Waals surface area contributed by atoms with Gasteiger partial charge in [-0.1, -0.05) is 54.4 Å². The van der Waals surface area contributed by atoms with Crippen LogP contribution in [0.15, 0.2) is 145 Å². The first-order valence-electron chi connectivity index (χ1n) is 25.4. The summed E-state index contributed by atoms with van der Waals surface area (Å²) in [7, 11) is 0. The molecule has 2 heterocycles. The Balaban J connectivity index is 1.23. The number of oxime groups is 1. The number of carbonyl (C=O) groups excluding carboxylic acids is 1. The molecule has 5 aromatic rings. The maximum absolute atomic E-state index is 15.4. The monoisotopic (exact) mass is 1040 g/mol. The van der Waals surface area contributed by atoms with Crippen LogP contribution in [0, 0.1) is 43.8 Å². The number of aliphatic hydroxyl groups excluding tert-OH is 2. The first-order chi connectivity index (χ1) is 37.0. The van der Waals surface area contributed by atoms with Gasteiger partial charge in [0.25, 0.3) is 11.4 Å². The minimum Gasteiger partial charge on any atom is -0.489 e. The zero-order valence-electron chi connectivity index (χ0n) is 41.7. The van der Waals surface area contributed by atoms with E-state index < -0.39 is 45.2 Å². The summed E-state index contributed by atoms with van der Waals surface area (Å²) >= 11 is 0. The number of fused-ring (bicyclic) bond motifs is 3. The molecule has 4 aliphatic rings. The van der Waals surface area contributed by atoms with Gasteiger partial charge >= 0.3 is 0 Å². The average molecular weight is 1040 g/mol. The van der Waals surface area contributed by atoms with E-state index in [-0.39, 0.29) is 76.0 Å². The van der Waals surface area contributed by atoms with Crippen molar-refractivity contribution in [3.05, 3.63) is 193 Å². The van der Waals surface area contributed by atoms with Crippen molar-refractivity contribution in [1.29, 1.82) is 0 Å². The summed E-state index contributed by atoms with van der Waals surface area (Å²) in [6.45, 7) is 3.98. The predicted molar refractivity (Wildman–Crippen MR) is 279 cm³/mol. The number of unbranched alkanes of at least 4 members (excludes halogenated alkanes) is 2. The minimum atomic E-state index is -1.66. The molecule has 2 N–H and O–H groups in total. The van der Waals surface area contributed by atoms with Crippen LogP contribution in [-0.4, -0.2) is 75.0 Å². The van der Waals surface area contributed by atoms with Gasteiger partial charge in [-0.15, -0.1) is 6.58 Å². The number of nitro groups is 2. The Labute approximate surface area is 438 Å². The zero-order chi connectivity index (χ0) is 53.2. The predicted octanol–water partition coefficient (Wildman–Crippen LogP) is 10.5. The third-order valence-electron chi connectivity index (χ3n) is 14.5. The van der Waals surface area contributed by atoms with E-state index in [0.717, 1.165) is 11.1 Å². The number of non-ortho nitro benzene ring substituents is 2. The van der Waals surface area contributed by atoms with Gasteiger partial charge in [-0.2, -0.15) is 0 Å². The molecule has 6 atom stereocenters. The summed E-state index contributed by atoms with van der Waals surface area (Å²) in [4.78, 5) is 45.4. The number of benzene rings is 5. The summed E-state index contributed by atoms with van der Waals surface area (Å²) < 4.78 is 47.4. The van der Waals surface area contributed by atoms with Crippen LogP contribution in [0.1, 0.15) is 78.7 Å². The van der Waals surface area contributed by atoms with Gasteiger partial charge in [0.15, 0.2) is 11.5 Å². The number of amides is 1. The number of aliphatic hydroxyl groups is 2. The lowest BCUT2D eigenvalue weighted by Crippen LogP contribution is -2.70. The molecular weight excluding hydrogens is 980 g/mol. The Morgan fingerprint density at radius 3 is 2.26 bits per heavy atom. The lowest BCUT2D eigenvalue weighted by Gasteiger charge is -2.60. The van der Waals surface area contributed by atoms with Gasteiger partial charge in [0.2, 0.25) is 18.5 Å². The fourth-order valence-corrected chi connectivity index (χ4v) is 11.0. The summed E-state index contributed by atoms with van der Waals surface area (Å²) in [6.07, 6.45) is 10.7. The Morgan fingerprint density at radius 2 is 1.54 bits per heavy atom. The van der Waals surface area contributed by atoms with Gasteiger partial charge in [-0.3, -0.25) is 25.0 Å². The van der Waals surface area contributed by atoms with E-state index in [0.29, 0.717) is 89.5 Å². The van der Waals surface area contributed by atoms with Crippen LogP contribution < -0.4 is 18.9 Å². The number of carbonyl (C=O) groups is 1. The number of hydrogen-bond acceptors (Lipinski definition) is 14. The lowest BCUT2D eigenvalue weighted by molar-refractivity contribution is -0.385. The average Bonchev–Trinajstić information content (AvgIpc) is 4.00. The highest BCUT2D eigenvalue weighted by molar-refractivity contribution is 6.03. The standard InChI is InChI=1S/C58H59FN4O13/c1-2-29-74-58-54(61(34-40-17-24-52-53(30-40)73-37-72-52)55(66)26-18-38-13-19-43(20-14-38)62(67)68)33-50(60-75-35-39-15-21-44(22-16-39)63(69)70)47-31-41(9-5-7-27-64)46(11-6-8-28-65)56(57(47)58)48-32-45(23-25-51(48)76-58)71-36-42-10-3-4-12-49(42)59/h2-4,10,12-26,30-32,41,46,54,56-57,64-65H,1,5-9,11,27-29,33-37H2. The summed E-state index contributed by atoms with van der Waals surface area (Å²) in [5.41, 5.74) is 4.11. The van der Waals surface area contributed by atoms with Crippen molar-refractivity contribution in [3.8, 4) is 23.0 Å². The number of nitrogens with zero attached hydrogens (tertiary/aromatic N) is 4. The molecule has 1 saturated carbocycles. The molecule has 5 aromatic carbocycles. The number of allylic oxidation sites excluding steroid dienone is 1. The van der Waals surface area contributed by atoms with Crippen LogP contribution >= 0.6 is 0 Å². The van der Waals surface area contributed by atoms with Gasteiger partial charge in [-0.05, 0) is 127 Å². The minimum absolute atomic E-state index is 0.0000606. The fraction of sp³-hybridized carbons (Fsp3) is 0.345. The SMILES string of the molecule is C=CCOC12Oc3ccc(OCc4ccccc4F)cc3C3C(CCCCO)C(CCCCO)C=C(C(=NOCc4ccc([N+](=O)[O-])cc4)CC1N(Cc1ccc4c(c1)OCO4)C(=O)C=Cc1ccc([N+](=O)[O-])cc1)C32. The highest BCUT2D eigenvalue weighted by Gasteiger charge is 2.65. The molecule has 0 radical (unpaired) electrons. The third-order valence-corrected chi connectivity index (χ3v) is 14.5. The molecule has 0 spiro atoms. The second-order valence-corrected chi connectivity index (χ2v) is 19.2. The molecule has 2 aliphatic carbocycles. The second-order valence-electron chi connectivity index (χ2n) is 19.2. The van der Waals surface area contributed by atoms with E-state index in [9.17, 15) is 34.8 Å². The molecule has 2 aliphatic heterocycles. The van der Waals surface area contributed by atoms with Crippen molar-refractivity contribution in [3.63, 3.8) is 0 Å². The van der Waals surface area contributed by atoms with Crippen molar-refractivity contribution in [2.75, 3.05) is 26.6 Å². The first-order valence-corrected chi connectivity index (χ1v) is 25.4. The zero-order valence-corrected chi connectivity index (χ0v) is 41.7. The van der Waals surface area contributed by atoms with Crippen LogP contribution in [0.2, 0.25) is 0 Å². The lowest BCUT2D eigenvalue weighted by atomic mass is 9.55. The highest BCUT2D eigenvalue weighted by Crippen LogP contribution is 2.62. The molecule has 1 fully saturated rings. The smallest absolute Gasteiger partial charge is 0.269 e. The molecule has 17 nitrogen and oxygen atoms in total. The Kier molecular flexibility index (Phi) is 16.8. The Morgan fingerprint density at radius 1 is 0.842 bits per heavy atom. The molecule has 18 heteroatoms. The van der Waals surface area contributed by atoms with Crippen molar-refractivity contribution in [2.45, 2.75) is 82.5 Å². The second kappa shape index (κ2) is 24.2. The van der Waals surface area contributed by atoms with Crippen LogP contribution in [-0.2, 0) is 34.1 Å². The van der Waals surface area contributed by atoms with Crippen molar-refractivity contribution >= 4 is 29.1 Å². The van der Waals surface area contributed by atoms with E-state index in [4.69, 9.17) is 33.7 Å². The number of nitro benzene ring substituents is 2. The van der Waals surface area contributed by atoms with Crippen LogP contribution in [0.3, 0.4) is 0 Å². The van der Waals surface area contributed by atoms with Crippen LogP contribution in [0.25, 0.3) is 6.08 Å². The number of hydrogen-bond donors (Lipinski definition) is 2. The molecular formula is C58H59FN4O13.